The molecule has 0 heterocycles. The fourth-order valence-electron chi connectivity index (χ4n) is 1.13. The molecule has 0 aliphatic rings. The molecule has 1 aromatic rings. The van der Waals surface area contributed by atoms with Gasteiger partial charge in [-0.2, -0.15) is 0 Å². The molecule has 1 atom stereocenters. The maximum Gasteiger partial charge on any atom is 0.339 e. The van der Waals surface area contributed by atoms with Crippen molar-refractivity contribution in [2.45, 2.75) is 13.0 Å². The Hall–Kier alpha value is -1.35. The molecule has 1 rings (SSSR count). The standard InChI is InChI=1S/C10H12O3/c1-7-5-3-4-6-8(7)9(11)10(12)13-2/h3-6,9,11H,1-2H3. The van der Waals surface area contributed by atoms with Gasteiger partial charge in [-0.15, -0.1) is 0 Å². The lowest BCUT2D eigenvalue weighted by atomic mass is 10.0. The van der Waals surface area contributed by atoms with Crippen LogP contribution in [-0.4, -0.2) is 18.2 Å². The van der Waals surface area contributed by atoms with E-state index in [-0.39, 0.29) is 0 Å². The molecule has 13 heavy (non-hydrogen) atoms. The number of aryl methyl sites for hydroxylation is 1. The number of methoxy groups -OCH3 is 1. The van der Waals surface area contributed by atoms with Crippen molar-refractivity contribution in [3.8, 4) is 0 Å². The van der Waals surface area contributed by atoms with Crippen molar-refractivity contribution < 1.29 is 14.6 Å². The van der Waals surface area contributed by atoms with E-state index in [9.17, 15) is 9.90 Å². The predicted molar refractivity (Wildman–Crippen MR) is 48.2 cm³/mol. The van der Waals surface area contributed by atoms with Gasteiger partial charge in [0.2, 0.25) is 0 Å². The summed E-state index contributed by atoms with van der Waals surface area (Å²) >= 11 is 0. The molecule has 0 aromatic heterocycles. The maximum atomic E-state index is 11.0. The van der Waals surface area contributed by atoms with Crippen molar-refractivity contribution in [1.29, 1.82) is 0 Å². The van der Waals surface area contributed by atoms with Crippen LogP contribution in [0.25, 0.3) is 0 Å². The molecule has 0 amide bonds. The van der Waals surface area contributed by atoms with E-state index in [1.54, 1.807) is 12.1 Å². The molecule has 0 saturated carbocycles. The van der Waals surface area contributed by atoms with E-state index >= 15 is 0 Å². The zero-order valence-corrected chi connectivity index (χ0v) is 7.65. The summed E-state index contributed by atoms with van der Waals surface area (Å²) in [4.78, 5) is 11.0. The fraction of sp³-hybridized carbons (Fsp3) is 0.300. The van der Waals surface area contributed by atoms with E-state index in [2.05, 4.69) is 4.74 Å². The van der Waals surface area contributed by atoms with Gasteiger partial charge in [0, 0.05) is 0 Å². The highest BCUT2D eigenvalue weighted by Gasteiger charge is 2.18. The minimum Gasteiger partial charge on any atom is -0.467 e. The third-order valence-electron chi connectivity index (χ3n) is 1.91. The lowest BCUT2D eigenvalue weighted by Crippen LogP contribution is -2.14. The SMILES string of the molecule is COC(=O)C(O)c1ccccc1C. The monoisotopic (exact) mass is 180 g/mol. The van der Waals surface area contributed by atoms with Crippen LogP contribution in [0.3, 0.4) is 0 Å². The number of aliphatic hydroxyl groups is 1. The number of esters is 1. The summed E-state index contributed by atoms with van der Waals surface area (Å²) in [6.07, 6.45) is -1.17. The number of aliphatic hydroxyl groups excluding tert-OH is 1. The highest BCUT2D eigenvalue weighted by Crippen LogP contribution is 2.17. The number of hydrogen-bond donors (Lipinski definition) is 1. The average molecular weight is 180 g/mol. The Kier molecular flexibility index (Phi) is 3.03. The first-order chi connectivity index (χ1) is 6.16. The predicted octanol–water partition coefficient (Wildman–Crippen LogP) is 1.20. The summed E-state index contributed by atoms with van der Waals surface area (Å²) in [7, 11) is 1.25. The number of carbonyl (C=O) groups is 1. The van der Waals surface area contributed by atoms with Crippen LogP contribution in [0.4, 0.5) is 0 Å². The van der Waals surface area contributed by atoms with Crippen LogP contribution in [0.2, 0.25) is 0 Å². The first kappa shape index (κ1) is 9.74. The number of ether oxygens (including phenoxy) is 1. The molecule has 1 unspecified atom stereocenters. The average Bonchev–Trinajstić information content (AvgIpc) is 2.16. The molecule has 0 spiro atoms. The van der Waals surface area contributed by atoms with Crippen LogP contribution in [0, 0.1) is 6.92 Å². The quantitative estimate of drug-likeness (QED) is 0.695. The summed E-state index contributed by atoms with van der Waals surface area (Å²) in [6, 6.07) is 7.16. The normalized spacial score (nSPS) is 12.2. The number of carbonyl (C=O) groups excluding carboxylic acids is 1. The highest BCUT2D eigenvalue weighted by molar-refractivity contribution is 5.76. The first-order valence-corrected chi connectivity index (χ1v) is 3.98. The van der Waals surface area contributed by atoms with Gasteiger partial charge in [0.15, 0.2) is 6.10 Å². The van der Waals surface area contributed by atoms with Gasteiger partial charge in [-0.3, -0.25) is 0 Å². The Morgan fingerprint density at radius 2 is 2.08 bits per heavy atom. The third-order valence-corrected chi connectivity index (χ3v) is 1.91. The molecule has 0 aliphatic heterocycles. The van der Waals surface area contributed by atoms with Gasteiger partial charge in [-0.25, -0.2) is 4.79 Å². The van der Waals surface area contributed by atoms with E-state index in [0.717, 1.165) is 5.56 Å². The highest BCUT2D eigenvalue weighted by atomic mass is 16.5. The molecule has 1 N–H and O–H groups in total. The minimum atomic E-state index is -1.17. The molecule has 0 bridgehead atoms. The Labute approximate surface area is 77.0 Å². The molecular formula is C10H12O3. The number of benzene rings is 1. The second kappa shape index (κ2) is 4.05. The van der Waals surface area contributed by atoms with Crippen molar-refractivity contribution in [2.75, 3.05) is 7.11 Å². The van der Waals surface area contributed by atoms with E-state index in [1.165, 1.54) is 7.11 Å². The smallest absolute Gasteiger partial charge is 0.339 e. The van der Waals surface area contributed by atoms with E-state index in [4.69, 9.17) is 0 Å². The van der Waals surface area contributed by atoms with Gasteiger partial charge in [0.05, 0.1) is 7.11 Å². The topological polar surface area (TPSA) is 46.5 Å². The number of rotatable bonds is 2. The Bertz CT molecular complexity index is 307. The van der Waals surface area contributed by atoms with Gasteiger partial charge in [0.1, 0.15) is 0 Å². The summed E-state index contributed by atoms with van der Waals surface area (Å²) in [5, 5.41) is 9.50. The summed E-state index contributed by atoms with van der Waals surface area (Å²) in [6.45, 7) is 1.83. The second-order valence-corrected chi connectivity index (χ2v) is 2.78. The van der Waals surface area contributed by atoms with Crippen LogP contribution in [0.5, 0.6) is 0 Å². The lowest BCUT2D eigenvalue weighted by Gasteiger charge is -2.10. The van der Waals surface area contributed by atoms with Crippen molar-refractivity contribution in [2.24, 2.45) is 0 Å². The van der Waals surface area contributed by atoms with Gasteiger partial charge in [0.25, 0.3) is 0 Å². The Balaban J connectivity index is 2.95. The van der Waals surface area contributed by atoms with Crippen molar-refractivity contribution in [3.05, 3.63) is 35.4 Å². The summed E-state index contributed by atoms with van der Waals surface area (Å²) < 4.78 is 4.43. The summed E-state index contributed by atoms with van der Waals surface area (Å²) in [5.41, 5.74) is 1.47. The van der Waals surface area contributed by atoms with Crippen molar-refractivity contribution in [3.63, 3.8) is 0 Å². The van der Waals surface area contributed by atoms with Crippen LogP contribution < -0.4 is 0 Å². The molecular weight excluding hydrogens is 168 g/mol. The molecule has 3 heteroatoms. The molecule has 0 saturated heterocycles. The number of hydrogen-bond acceptors (Lipinski definition) is 3. The van der Waals surface area contributed by atoms with Crippen molar-refractivity contribution >= 4 is 5.97 Å². The van der Waals surface area contributed by atoms with Gasteiger partial charge >= 0.3 is 5.97 Å². The zero-order chi connectivity index (χ0) is 9.84. The fourth-order valence-corrected chi connectivity index (χ4v) is 1.13. The van der Waals surface area contributed by atoms with Crippen LogP contribution in [-0.2, 0) is 9.53 Å². The molecule has 1 aromatic carbocycles. The van der Waals surface area contributed by atoms with E-state index in [0.29, 0.717) is 5.56 Å². The Morgan fingerprint density at radius 1 is 1.46 bits per heavy atom. The molecule has 70 valence electrons. The second-order valence-electron chi connectivity index (χ2n) is 2.78. The van der Waals surface area contributed by atoms with Crippen LogP contribution >= 0.6 is 0 Å². The minimum absolute atomic E-state index is 0.592. The van der Waals surface area contributed by atoms with Gasteiger partial charge in [-0.1, -0.05) is 24.3 Å². The Morgan fingerprint density at radius 3 is 2.62 bits per heavy atom. The zero-order valence-electron chi connectivity index (χ0n) is 7.65. The summed E-state index contributed by atoms with van der Waals surface area (Å²) in [5.74, 6) is -0.630. The maximum absolute atomic E-state index is 11.0. The van der Waals surface area contributed by atoms with Crippen LogP contribution in [0.15, 0.2) is 24.3 Å². The van der Waals surface area contributed by atoms with Crippen LogP contribution in [0.1, 0.15) is 17.2 Å². The lowest BCUT2D eigenvalue weighted by molar-refractivity contribution is -0.150. The largest absolute Gasteiger partial charge is 0.467 e. The molecule has 3 nitrogen and oxygen atoms in total. The van der Waals surface area contributed by atoms with Gasteiger partial charge < -0.3 is 9.84 Å². The molecule has 0 fully saturated rings. The van der Waals surface area contributed by atoms with Crippen molar-refractivity contribution in [1.82, 2.24) is 0 Å². The van der Waals surface area contributed by atoms with E-state index in [1.807, 2.05) is 19.1 Å². The molecule has 0 radical (unpaired) electrons. The van der Waals surface area contributed by atoms with E-state index < -0.39 is 12.1 Å². The third kappa shape index (κ3) is 2.06. The first-order valence-electron chi connectivity index (χ1n) is 3.98. The van der Waals surface area contributed by atoms with Gasteiger partial charge in [-0.05, 0) is 18.1 Å². The molecule has 0 aliphatic carbocycles.